The summed E-state index contributed by atoms with van der Waals surface area (Å²) in [5.74, 6) is 0.105. The molecule has 1 aliphatic rings. The normalized spacial score (nSPS) is 22.1. The van der Waals surface area contributed by atoms with Crippen LogP contribution in [0.2, 0.25) is 4.82 Å². The molecule has 2 aromatic rings. The van der Waals surface area contributed by atoms with Crippen LogP contribution < -0.4 is 4.46 Å². The van der Waals surface area contributed by atoms with Crippen molar-refractivity contribution in [3.05, 3.63) is 70.3 Å². The van der Waals surface area contributed by atoms with Gasteiger partial charge < -0.3 is 0 Å². The predicted molar refractivity (Wildman–Crippen MR) is 115 cm³/mol. The summed E-state index contributed by atoms with van der Waals surface area (Å²) in [5, 5.41) is 10.8. The van der Waals surface area contributed by atoms with Gasteiger partial charge in [-0.1, -0.05) is 0 Å². The first-order valence-corrected chi connectivity index (χ1v) is 11.8. The summed E-state index contributed by atoms with van der Waals surface area (Å²) < 4.78 is 7.31. The summed E-state index contributed by atoms with van der Waals surface area (Å²) in [6.07, 6.45) is 2.93. The zero-order valence-electron chi connectivity index (χ0n) is 17.0. The Bertz CT molecular complexity index is 845. The van der Waals surface area contributed by atoms with E-state index in [0.717, 1.165) is 19.3 Å². The van der Waals surface area contributed by atoms with Gasteiger partial charge in [-0.25, -0.2) is 0 Å². The first-order valence-electron chi connectivity index (χ1n) is 9.91. The molecule has 0 aromatic heterocycles. The van der Waals surface area contributed by atoms with Gasteiger partial charge in [0, 0.05) is 0 Å². The van der Waals surface area contributed by atoms with Crippen LogP contribution in [0.5, 0.6) is 0 Å². The molecule has 0 bridgehead atoms. The van der Waals surface area contributed by atoms with Crippen LogP contribution in [-0.2, 0) is 4.74 Å². The fraction of sp³-hybridized carbons (Fsp3) is 0.435. The SMILES string of the molecule is CC(C)(C)[C@H]1CC[C@@H]([Se]c2ccccc2)[C@H](OC(=O)c2ccc([N+](=O)[O-])cc2)C1. The molecular formula is C23H27NO4Se. The topological polar surface area (TPSA) is 69.4 Å². The van der Waals surface area contributed by atoms with E-state index in [1.165, 1.54) is 28.7 Å². The summed E-state index contributed by atoms with van der Waals surface area (Å²) in [4.78, 5) is 23.5. The number of rotatable bonds is 5. The second-order valence-corrected chi connectivity index (χ2v) is 11.3. The fourth-order valence-corrected chi connectivity index (χ4v) is 6.34. The van der Waals surface area contributed by atoms with Crippen LogP contribution >= 0.6 is 0 Å². The van der Waals surface area contributed by atoms with Crippen LogP contribution in [0.25, 0.3) is 0 Å². The Morgan fingerprint density at radius 1 is 1.07 bits per heavy atom. The van der Waals surface area contributed by atoms with Gasteiger partial charge in [0.15, 0.2) is 0 Å². The number of esters is 1. The van der Waals surface area contributed by atoms with E-state index in [2.05, 4.69) is 45.0 Å². The second-order valence-electron chi connectivity index (χ2n) is 8.59. The molecule has 0 spiro atoms. The minimum absolute atomic E-state index is 0.0303. The predicted octanol–water partition coefficient (Wildman–Crippen LogP) is 4.78. The summed E-state index contributed by atoms with van der Waals surface area (Å²) >= 11 is 0.227. The molecule has 0 amide bonds. The number of carbonyl (C=O) groups is 1. The molecule has 1 fully saturated rings. The number of nitrogens with zero attached hydrogens (tertiary/aromatic N) is 1. The Kier molecular flexibility index (Phi) is 6.76. The van der Waals surface area contributed by atoms with Gasteiger partial charge in [-0.3, -0.25) is 0 Å². The average molecular weight is 460 g/mol. The van der Waals surface area contributed by atoms with Crippen LogP contribution in [0.15, 0.2) is 54.6 Å². The number of hydrogen-bond acceptors (Lipinski definition) is 4. The van der Waals surface area contributed by atoms with Gasteiger partial charge in [0.05, 0.1) is 0 Å². The molecule has 5 nitrogen and oxygen atoms in total. The number of benzene rings is 2. The van der Waals surface area contributed by atoms with Gasteiger partial charge in [0.25, 0.3) is 0 Å². The molecule has 1 saturated carbocycles. The molecule has 0 saturated heterocycles. The molecule has 2 aromatic carbocycles. The third-order valence-corrected chi connectivity index (χ3v) is 8.47. The van der Waals surface area contributed by atoms with Crippen molar-refractivity contribution in [2.75, 3.05) is 0 Å². The van der Waals surface area contributed by atoms with Gasteiger partial charge in [-0.2, -0.15) is 0 Å². The molecule has 154 valence electrons. The van der Waals surface area contributed by atoms with Crippen LogP contribution in [0.3, 0.4) is 0 Å². The maximum absolute atomic E-state index is 12.8. The van der Waals surface area contributed by atoms with E-state index < -0.39 is 10.9 Å². The molecule has 1 aliphatic carbocycles. The maximum atomic E-state index is 12.8. The summed E-state index contributed by atoms with van der Waals surface area (Å²) in [7, 11) is 0. The van der Waals surface area contributed by atoms with Gasteiger partial charge in [-0.05, 0) is 0 Å². The third-order valence-electron chi connectivity index (χ3n) is 5.56. The third kappa shape index (κ3) is 5.68. The van der Waals surface area contributed by atoms with Crippen molar-refractivity contribution in [3.8, 4) is 0 Å². The zero-order chi connectivity index (χ0) is 21.0. The van der Waals surface area contributed by atoms with Crippen molar-refractivity contribution in [2.45, 2.75) is 51.0 Å². The van der Waals surface area contributed by atoms with E-state index >= 15 is 0 Å². The Hall–Kier alpha value is -2.17. The number of nitro benzene ring substituents is 1. The van der Waals surface area contributed by atoms with Crippen molar-refractivity contribution >= 4 is 31.1 Å². The average Bonchev–Trinajstić information content (AvgIpc) is 2.69. The first kappa shape index (κ1) is 21.5. The van der Waals surface area contributed by atoms with Crippen molar-refractivity contribution in [1.29, 1.82) is 0 Å². The van der Waals surface area contributed by atoms with Gasteiger partial charge in [-0.15, -0.1) is 0 Å². The van der Waals surface area contributed by atoms with Crippen molar-refractivity contribution in [2.24, 2.45) is 11.3 Å². The number of carbonyl (C=O) groups excluding carboxylic acids is 1. The van der Waals surface area contributed by atoms with Gasteiger partial charge in [0.1, 0.15) is 0 Å². The van der Waals surface area contributed by atoms with E-state index in [1.807, 2.05) is 6.07 Å². The summed E-state index contributed by atoms with van der Waals surface area (Å²) in [6, 6.07) is 16.1. The number of hydrogen-bond donors (Lipinski definition) is 0. The number of ether oxygens (including phenoxy) is 1. The van der Waals surface area contributed by atoms with Gasteiger partial charge in [0.2, 0.25) is 0 Å². The fourth-order valence-electron chi connectivity index (χ4n) is 3.75. The number of non-ortho nitro benzene ring substituents is 1. The molecule has 0 aliphatic heterocycles. The van der Waals surface area contributed by atoms with Crippen LogP contribution in [-0.4, -0.2) is 32.0 Å². The van der Waals surface area contributed by atoms with Crippen molar-refractivity contribution in [1.82, 2.24) is 0 Å². The van der Waals surface area contributed by atoms with E-state index in [-0.39, 0.29) is 32.2 Å². The Morgan fingerprint density at radius 3 is 2.31 bits per heavy atom. The molecular weight excluding hydrogens is 433 g/mol. The molecule has 0 radical (unpaired) electrons. The zero-order valence-corrected chi connectivity index (χ0v) is 18.8. The summed E-state index contributed by atoms with van der Waals surface area (Å²) in [5.41, 5.74) is 0.500. The van der Waals surface area contributed by atoms with E-state index in [9.17, 15) is 14.9 Å². The minimum atomic E-state index is -0.470. The molecule has 29 heavy (non-hydrogen) atoms. The Morgan fingerprint density at radius 2 is 1.72 bits per heavy atom. The van der Waals surface area contributed by atoms with Gasteiger partial charge >= 0.3 is 178 Å². The molecule has 0 heterocycles. The van der Waals surface area contributed by atoms with E-state index in [0.29, 0.717) is 16.3 Å². The van der Waals surface area contributed by atoms with Crippen LogP contribution in [0.1, 0.15) is 50.4 Å². The molecule has 6 heteroatoms. The monoisotopic (exact) mass is 461 g/mol. The Balaban J connectivity index is 1.75. The van der Waals surface area contributed by atoms with Crippen LogP contribution in [0, 0.1) is 21.4 Å². The van der Waals surface area contributed by atoms with E-state index in [4.69, 9.17) is 4.74 Å². The van der Waals surface area contributed by atoms with Crippen molar-refractivity contribution in [3.63, 3.8) is 0 Å². The second kappa shape index (κ2) is 9.10. The first-order chi connectivity index (χ1) is 13.7. The molecule has 0 N–H and O–H groups in total. The quantitative estimate of drug-likeness (QED) is 0.279. The van der Waals surface area contributed by atoms with E-state index in [1.54, 1.807) is 0 Å². The molecule has 0 unspecified atom stereocenters. The Labute approximate surface area is 178 Å². The van der Waals surface area contributed by atoms with Crippen molar-refractivity contribution < 1.29 is 14.5 Å². The van der Waals surface area contributed by atoms with Crippen LogP contribution in [0.4, 0.5) is 5.69 Å². The summed E-state index contributed by atoms with van der Waals surface area (Å²) in [6.45, 7) is 6.74. The molecule has 3 atom stereocenters. The molecule has 3 rings (SSSR count). The number of nitro groups is 1. The standard InChI is InChI=1S/C23H27NO4Se/c1-23(2,3)17-11-14-21(29-19-7-5-4-6-8-19)20(15-17)28-22(25)16-9-12-18(13-10-16)24(26)27/h4-10,12-13,17,20-21H,11,14-15H2,1-3H3/t17-,20+,21+/m0/s1.